The van der Waals surface area contributed by atoms with Crippen molar-refractivity contribution < 1.29 is 4.79 Å². The Morgan fingerprint density at radius 2 is 2.00 bits per heavy atom. The monoisotopic (exact) mass is 419 g/mol. The lowest BCUT2D eigenvalue weighted by Crippen LogP contribution is -2.60. The number of rotatable bonds is 4. The number of hydrogen-bond donors (Lipinski definition) is 1. The molecular formula is C18H24Cl3N3O2. The topological polar surface area (TPSA) is 54.3 Å². The Morgan fingerprint density at radius 3 is 2.65 bits per heavy atom. The molecule has 2 aliphatic heterocycles. The van der Waals surface area contributed by atoms with Crippen LogP contribution in [0.2, 0.25) is 0 Å². The second kappa shape index (κ2) is 7.70. The van der Waals surface area contributed by atoms with E-state index in [9.17, 15) is 9.59 Å². The summed E-state index contributed by atoms with van der Waals surface area (Å²) in [7, 11) is 0. The highest BCUT2D eigenvalue weighted by molar-refractivity contribution is 6.68. The molecular weight excluding hydrogens is 397 g/mol. The molecule has 1 aromatic heterocycles. The largest absolute Gasteiger partial charge is 0.337 e. The molecule has 2 bridgehead atoms. The van der Waals surface area contributed by atoms with E-state index in [0.717, 1.165) is 12.1 Å². The van der Waals surface area contributed by atoms with Crippen molar-refractivity contribution in [3.05, 3.63) is 34.2 Å². The summed E-state index contributed by atoms with van der Waals surface area (Å²) in [6.07, 6.45) is 0.703. The van der Waals surface area contributed by atoms with Gasteiger partial charge in [0.2, 0.25) is 9.70 Å². The third-order valence-electron chi connectivity index (χ3n) is 5.07. The van der Waals surface area contributed by atoms with Gasteiger partial charge in [0, 0.05) is 43.7 Å². The van der Waals surface area contributed by atoms with Crippen LogP contribution in [0.4, 0.5) is 0 Å². The Bertz CT molecular complexity index is 729. The molecule has 0 aliphatic carbocycles. The van der Waals surface area contributed by atoms with Gasteiger partial charge in [-0.3, -0.25) is 14.5 Å². The molecule has 0 aromatic carbocycles. The number of amides is 1. The molecule has 1 N–H and O–H groups in total. The predicted octanol–water partition coefficient (Wildman–Crippen LogP) is 3.13. The Kier molecular flexibility index (Phi) is 5.92. The van der Waals surface area contributed by atoms with E-state index in [4.69, 9.17) is 34.8 Å². The summed E-state index contributed by atoms with van der Waals surface area (Å²) in [4.78, 5) is 26.5. The number of carbonyl (C=O) groups excluding carboxylic acids is 1. The molecule has 1 aromatic rings. The number of halogens is 3. The van der Waals surface area contributed by atoms with Crippen molar-refractivity contribution in [2.24, 2.45) is 11.8 Å². The minimum Gasteiger partial charge on any atom is -0.337 e. The zero-order valence-corrected chi connectivity index (χ0v) is 17.2. The van der Waals surface area contributed by atoms with Gasteiger partial charge in [-0.15, -0.1) is 0 Å². The van der Waals surface area contributed by atoms with Crippen molar-refractivity contribution in [2.45, 2.75) is 49.1 Å². The lowest BCUT2D eigenvalue weighted by molar-refractivity contribution is -0.124. The fraction of sp³-hybridized carbons (Fsp3) is 0.667. The third kappa shape index (κ3) is 4.38. The average Bonchev–Trinajstić information content (AvgIpc) is 2.52. The van der Waals surface area contributed by atoms with Gasteiger partial charge in [0.15, 0.2) is 0 Å². The summed E-state index contributed by atoms with van der Waals surface area (Å²) >= 11 is 18.6. The van der Waals surface area contributed by atoms with Crippen LogP contribution >= 0.6 is 34.8 Å². The van der Waals surface area contributed by atoms with Gasteiger partial charge < -0.3 is 9.88 Å². The summed E-state index contributed by atoms with van der Waals surface area (Å²) in [6, 6.07) is 5.39. The van der Waals surface area contributed by atoms with Crippen molar-refractivity contribution in [3.8, 4) is 0 Å². The van der Waals surface area contributed by atoms with E-state index < -0.39 is 9.96 Å². The van der Waals surface area contributed by atoms with Crippen molar-refractivity contribution in [2.75, 3.05) is 13.1 Å². The van der Waals surface area contributed by atoms with E-state index in [1.165, 1.54) is 0 Å². The van der Waals surface area contributed by atoms with E-state index in [2.05, 4.69) is 5.32 Å². The standard InChI is InChI=1S/C18H24Cl3N3O2/c1-11(2)6-15(25)22-17(18(19,20)21)23-8-12-7-13(10-23)14-4-3-5-16(26)24(14)9-12/h3-5,11-13,17H,6-10H2,1-2H3,(H,22,25)/t12?,13-,17?/m0/s1. The van der Waals surface area contributed by atoms with Gasteiger partial charge >= 0.3 is 0 Å². The molecule has 144 valence electrons. The molecule has 1 amide bonds. The first kappa shape index (κ1) is 20.0. The minimum absolute atomic E-state index is 0.0359. The first-order valence-electron chi connectivity index (χ1n) is 8.95. The summed E-state index contributed by atoms with van der Waals surface area (Å²) < 4.78 is 0.229. The summed E-state index contributed by atoms with van der Waals surface area (Å²) in [5.41, 5.74) is 1.06. The van der Waals surface area contributed by atoms with E-state index in [0.29, 0.717) is 32.0 Å². The first-order chi connectivity index (χ1) is 12.1. The van der Waals surface area contributed by atoms with Gasteiger partial charge in [-0.1, -0.05) is 54.7 Å². The molecule has 5 nitrogen and oxygen atoms in total. The van der Waals surface area contributed by atoms with Crippen LogP contribution in [0.15, 0.2) is 23.0 Å². The van der Waals surface area contributed by atoms with E-state index in [-0.39, 0.29) is 23.3 Å². The van der Waals surface area contributed by atoms with Gasteiger partial charge in [0.1, 0.15) is 6.17 Å². The van der Waals surface area contributed by atoms with Gasteiger partial charge in [0.25, 0.3) is 5.56 Å². The van der Waals surface area contributed by atoms with E-state index >= 15 is 0 Å². The zero-order valence-electron chi connectivity index (χ0n) is 14.9. The van der Waals surface area contributed by atoms with Crippen molar-refractivity contribution in [1.29, 1.82) is 0 Å². The van der Waals surface area contributed by atoms with Gasteiger partial charge in [0.05, 0.1) is 0 Å². The van der Waals surface area contributed by atoms with Crippen molar-refractivity contribution in [1.82, 2.24) is 14.8 Å². The van der Waals surface area contributed by atoms with Gasteiger partial charge in [-0.05, 0) is 24.3 Å². The maximum atomic E-state index is 12.3. The molecule has 0 radical (unpaired) electrons. The maximum absolute atomic E-state index is 12.3. The molecule has 8 heteroatoms. The molecule has 0 saturated carbocycles. The fourth-order valence-corrected chi connectivity index (χ4v) is 4.68. The SMILES string of the molecule is CC(C)CC(=O)NC(N1CC2C[C@@H](C1)c1cccc(=O)n1C2)C(Cl)(Cl)Cl. The first-order valence-corrected chi connectivity index (χ1v) is 10.1. The Morgan fingerprint density at radius 1 is 1.27 bits per heavy atom. The molecule has 2 unspecified atom stereocenters. The second-order valence-corrected chi connectivity index (χ2v) is 10.1. The molecule has 3 atom stereocenters. The molecule has 0 spiro atoms. The maximum Gasteiger partial charge on any atom is 0.250 e. The lowest BCUT2D eigenvalue weighted by atomic mass is 9.83. The van der Waals surface area contributed by atoms with Gasteiger partial charge in [-0.25, -0.2) is 0 Å². The number of likely N-dealkylation sites (tertiary alicyclic amines) is 1. The smallest absolute Gasteiger partial charge is 0.250 e. The number of alkyl halides is 3. The number of hydrogen-bond acceptors (Lipinski definition) is 3. The second-order valence-electron chi connectivity index (χ2n) is 7.76. The number of aromatic nitrogens is 1. The minimum atomic E-state index is -1.63. The predicted molar refractivity (Wildman–Crippen MR) is 105 cm³/mol. The summed E-state index contributed by atoms with van der Waals surface area (Å²) in [6.45, 7) is 5.93. The normalized spacial score (nSPS) is 24.2. The van der Waals surface area contributed by atoms with Crippen LogP contribution in [-0.2, 0) is 11.3 Å². The number of nitrogens with zero attached hydrogens (tertiary/aromatic N) is 2. The van der Waals surface area contributed by atoms with Crippen LogP contribution in [-0.4, -0.2) is 38.4 Å². The molecule has 1 fully saturated rings. The highest BCUT2D eigenvalue weighted by atomic mass is 35.6. The van der Waals surface area contributed by atoms with Crippen LogP contribution in [0.25, 0.3) is 0 Å². The Balaban J connectivity index is 1.82. The summed E-state index contributed by atoms with van der Waals surface area (Å²) in [5.74, 6) is 0.584. The van der Waals surface area contributed by atoms with Crippen LogP contribution in [0, 0.1) is 11.8 Å². The van der Waals surface area contributed by atoms with Crippen LogP contribution in [0.5, 0.6) is 0 Å². The fourth-order valence-electron chi connectivity index (χ4n) is 4.11. The highest BCUT2D eigenvalue weighted by Crippen LogP contribution is 2.39. The highest BCUT2D eigenvalue weighted by Gasteiger charge is 2.44. The van der Waals surface area contributed by atoms with Crippen LogP contribution in [0.1, 0.15) is 38.3 Å². The lowest BCUT2D eigenvalue weighted by Gasteiger charge is -2.47. The number of fused-ring (bicyclic) bond motifs is 4. The number of nitrogens with one attached hydrogen (secondary N) is 1. The number of carbonyl (C=O) groups is 1. The van der Waals surface area contributed by atoms with E-state index in [1.54, 1.807) is 12.1 Å². The Labute approximate surface area is 168 Å². The Hall–Kier alpha value is -0.750. The molecule has 1 saturated heterocycles. The van der Waals surface area contributed by atoms with Crippen molar-refractivity contribution in [3.63, 3.8) is 0 Å². The molecule has 26 heavy (non-hydrogen) atoms. The average molecular weight is 421 g/mol. The van der Waals surface area contributed by atoms with Crippen LogP contribution < -0.4 is 10.9 Å². The number of pyridine rings is 1. The van der Waals surface area contributed by atoms with Gasteiger partial charge in [-0.2, -0.15) is 0 Å². The van der Waals surface area contributed by atoms with E-state index in [1.807, 2.05) is 29.4 Å². The van der Waals surface area contributed by atoms with Crippen LogP contribution in [0.3, 0.4) is 0 Å². The molecule has 3 heterocycles. The zero-order chi connectivity index (χ0) is 19.1. The third-order valence-corrected chi connectivity index (χ3v) is 5.69. The van der Waals surface area contributed by atoms with Crippen molar-refractivity contribution >= 4 is 40.7 Å². The molecule has 2 aliphatic rings. The quantitative estimate of drug-likeness (QED) is 0.761. The molecule has 3 rings (SSSR count). The number of piperidine rings is 1. The summed E-state index contributed by atoms with van der Waals surface area (Å²) in [5, 5.41) is 2.91.